The Kier molecular flexibility index (Phi) is 5.33. The highest BCUT2D eigenvalue weighted by Gasteiger charge is 2.09. The van der Waals surface area contributed by atoms with Crippen LogP contribution in [0.25, 0.3) is 0 Å². The van der Waals surface area contributed by atoms with Crippen molar-refractivity contribution in [2.24, 2.45) is 0 Å². The molecule has 0 saturated carbocycles. The highest BCUT2D eigenvalue weighted by Crippen LogP contribution is 2.28. The van der Waals surface area contributed by atoms with Crippen LogP contribution in [0, 0.1) is 5.82 Å². The molecule has 2 N–H and O–H groups in total. The Balaban J connectivity index is 2.30. The van der Waals surface area contributed by atoms with Crippen molar-refractivity contribution >= 4 is 28.9 Å². The fourth-order valence-electron chi connectivity index (χ4n) is 1.81. The summed E-state index contributed by atoms with van der Waals surface area (Å²) in [5, 5.41) is 6.46. The summed E-state index contributed by atoms with van der Waals surface area (Å²) in [5.74, 6) is 1.51. The van der Waals surface area contributed by atoms with Gasteiger partial charge in [0.2, 0.25) is 0 Å². The van der Waals surface area contributed by atoms with Gasteiger partial charge in [-0.3, -0.25) is 0 Å². The second-order valence-electron chi connectivity index (χ2n) is 4.56. The van der Waals surface area contributed by atoms with Crippen LogP contribution in [-0.2, 0) is 6.42 Å². The van der Waals surface area contributed by atoms with Crippen LogP contribution in [0.3, 0.4) is 0 Å². The lowest BCUT2D eigenvalue weighted by atomic mass is 10.3. The third-order valence-electron chi connectivity index (χ3n) is 2.86. The van der Waals surface area contributed by atoms with Crippen LogP contribution < -0.4 is 10.6 Å². The zero-order valence-corrected chi connectivity index (χ0v) is 12.8. The minimum atomic E-state index is -0.415. The monoisotopic (exact) mass is 308 g/mol. The average molecular weight is 309 g/mol. The summed E-state index contributed by atoms with van der Waals surface area (Å²) >= 11 is 6.01. The molecule has 0 fully saturated rings. The molecule has 2 rings (SSSR count). The van der Waals surface area contributed by atoms with Crippen molar-refractivity contribution in [2.45, 2.75) is 26.7 Å². The molecule has 21 heavy (non-hydrogen) atoms. The largest absolute Gasteiger partial charge is 0.370 e. The predicted octanol–water partition coefficient (Wildman–Crippen LogP) is 4.40. The van der Waals surface area contributed by atoms with E-state index in [0.29, 0.717) is 23.1 Å². The Morgan fingerprint density at radius 2 is 1.95 bits per heavy atom. The van der Waals surface area contributed by atoms with Crippen molar-refractivity contribution in [3.8, 4) is 0 Å². The van der Waals surface area contributed by atoms with Gasteiger partial charge in [0.25, 0.3) is 0 Å². The smallest absolute Gasteiger partial charge is 0.148 e. The number of hydrogen-bond acceptors (Lipinski definition) is 4. The van der Waals surface area contributed by atoms with E-state index in [-0.39, 0.29) is 5.69 Å². The molecule has 0 aliphatic rings. The van der Waals surface area contributed by atoms with Gasteiger partial charge in [0.05, 0.1) is 10.7 Å². The van der Waals surface area contributed by atoms with Crippen LogP contribution in [0.4, 0.5) is 21.7 Å². The van der Waals surface area contributed by atoms with Gasteiger partial charge < -0.3 is 10.6 Å². The second-order valence-corrected chi connectivity index (χ2v) is 4.96. The molecule has 4 nitrogen and oxygen atoms in total. The average Bonchev–Trinajstić information content (AvgIpc) is 2.49. The number of aromatic nitrogens is 2. The summed E-state index contributed by atoms with van der Waals surface area (Å²) < 4.78 is 13.8. The fourth-order valence-corrected chi connectivity index (χ4v) is 2.02. The van der Waals surface area contributed by atoms with Gasteiger partial charge in [-0.05, 0) is 18.6 Å². The molecule has 112 valence electrons. The summed E-state index contributed by atoms with van der Waals surface area (Å²) in [5.41, 5.74) is 0.223. The van der Waals surface area contributed by atoms with Crippen LogP contribution in [0.1, 0.15) is 26.1 Å². The Hall–Kier alpha value is -1.88. The summed E-state index contributed by atoms with van der Waals surface area (Å²) in [7, 11) is 0. The van der Waals surface area contributed by atoms with Crippen molar-refractivity contribution in [2.75, 3.05) is 17.2 Å². The molecule has 1 aromatic heterocycles. The van der Waals surface area contributed by atoms with E-state index in [1.165, 1.54) is 6.07 Å². The number of nitrogens with one attached hydrogen (secondary N) is 2. The number of benzene rings is 1. The maximum absolute atomic E-state index is 13.8. The van der Waals surface area contributed by atoms with Gasteiger partial charge in [-0.25, -0.2) is 14.4 Å². The Morgan fingerprint density at radius 1 is 1.19 bits per heavy atom. The molecule has 2 aromatic rings. The zero-order chi connectivity index (χ0) is 15.2. The first kappa shape index (κ1) is 15.5. The predicted molar refractivity (Wildman–Crippen MR) is 84.9 cm³/mol. The minimum Gasteiger partial charge on any atom is -0.370 e. The molecule has 0 saturated heterocycles. The summed E-state index contributed by atoms with van der Waals surface area (Å²) in [4.78, 5) is 8.74. The number of anilines is 3. The number of aryl methyl sites for hydroxylation is 1. The number of nitrogens with zero attached hydrogens (tertiary/aromatic N) is 2. The normalized spacial score (nSPS) is 10.5. The van der Waals surface area contributed by atoms with E-state index in [1.54, 1.807) is 18.2 Å². The van der Waals surface area contributed by atoms with Gasteiger partial charge in [0, 0.05) is 19.0 Å². The lowest BCUT2D eigenvalue weighted by molar-refractivity contribution is 0.632. The van der Waals surface area contributed by atoms with E-state index in [1.807, 2.05) is 6.92 Å². The molecule has 6 heteroatoms. The molecule has 0 atom stereocenters. The maximum atomic E-state index is 13.8. The van der Waals surface area contributed by atoms with Gasteiger partial charge in [-0.2, -0.15) is 0 Å². The highest BCUT2D eigenvalue weighted by atomic mass is 35.5. The molecule has 0 aliphatic carbocycles. The lowest BCUT2D eigenvalue weighted by Gasteiger charge is -2.12. The molecular formula is C15H18ClFN4. The molecule has 1 heterocycles. The van der Waals surface area contributed by atoms with Crippen LogP contribution in [0.5, 0.6) is 0 Å². The topological polar surface area (TPSA) is 49.8 Å². The van der Waals surface area contributed by atoms with Crippen molar-refractivity contribution in [1.82, 2.24) is 9.97 Å². The third kappa shape index (κ3) is 4.04. The van der Waals surface area contributed by atoms with Crippen molar-refractivity contribution in [1.29, 1.82) is 0 Å². The maximum Gasteiger partial charge on any atom is 0.148 e. The number of halogens is 2. The van der Waals surface area contributed by atoms with E-state index in [0.717, 1.165) is 18.8 Å². The van der Waals surface area contributed by atoms with E-state index < -0.39 is 5.82 Å². The molecule has 0 spiro atoms. The van der Waals surface area contributed by atoms with Crippen molar-refractivity contribution in [3.05, 3.63) is 40.9 Å². The van der Waals surface area contributed by atoms with Crippen LogP contribution in [-0.4, -0.2) is 16.5 Å². The van der Waals surface area contributed by atoms with E-state index in [4.69, 9.17) is 11.6 Å². The second kappa shape index (κ2) is 7.22. The number of para-hydroxylation sites is 1. The van der Waals surface area contributed by atoms with Crippen molar-refractivity contribution in [3.63, 3.8) is 0 Å². The molecule has 1 aromatic carbocycles. The minimum absolute atomic E-state index is 0.223. The van der Waals surface area contributed by atoms with Crippen LogP contribution >= 0.6 is 11.6 Å². The van der Waals surface area contributed by atoms with E-state index in [9.17, 15) is 4.39 Å². The SMILES string of the molecule is CCCNc1cc(Nc2c(F)cccc2Cl)nc(CC)n1. The van der Waals surface area contributed by atoms with Crippen LogP contribution in [0.2, 0.25) is 5.02 Å². The summed E-state index contributed by atoms with van der Waals surface area (Å²) in [6.45, 7) is 4.87. The molecule has 0 unspecified atom stereocenters. The number of rotatable bonds is 6. The first-order valence-electron chi connectivity index (χ1n) is 6.97. The molecule has 0 bridgehead atoms. The highest BCUT2D eigenvalue weighted by molar-refractivity contribution is 6.33. The summed E-state index contributed by atoms with van der Waals surface area (Å²) in [6, 6.07) is 6.30. The van der Waals surface area contributed by atoms with Crippen molar-refractivity contribution < 1.29 is 4.39 Å². The Labute approximate surface area is 128 Å². The fraction of sp³-hybridized carbons (Fsp3) is 0.333. The summed E-state index contributed by atoms with van der Waals surface area (Å²) in [6.07, 6.45) is 1.69. The van der Waals surface area contributed by atoms with Gasteiger partial charge in [0.1, 0.15) is 23.3 Å². The lowest BCUT2D eigenvalue weighted by Crippen LogP contribution is -2.07. The first-order valence-corrected chi connectivity index (χ1v) is 7.34. The third-order valence-corrected chi connectivity index (χ3v) is 3.18. The molecule has 0 radical (unpaired) electrons. The molecule has 0 amide bonds. The van der Waals surface area contributed by atoms with E-state index in [2.05, 4.69) is 27.5 Å². The van der Waals surface area contributed by atoms with E-state index >= 15 is 0 Å². The van der Waals surface area contributed by atoms with Gasteiger partial charge >= 0.3 is 0 Å². The van der Waals surface area contributed by atoms with Gasteiger partial charge in [-0.15, -0.1) is 0 Å². The zero-order valence-electron chi connectivity index (χ0n) is 12.1. The molecular weight excluding hydrogens is 291 g/mol. The Morgan fingerprint density at radius 3 is 2.62 bits per heavy atom. The quantitative estimate of drug-likeness (QED) is 0.830. The standard InChI is InChI=1S/C15H18ClFN4/c1-3-8-18-13-9-14(20-12(4-2)19-13)21-15-10(16)6-5-7-11(15)17/h5-7,9H,3-4,8H2,1-2H3,(H2,18,19,20,21). The van der Waals surface area contributed by atoms with Gasteiger partial charge in [0.15, 0.2) is 0 Å². The number of hydrogen-bond donors (Lipinski definition) is 2. The van der Waals surface area contributed by atoms with Crippen LogP contribution in [0.15, 0.2) is 24.3 Å². The molecule has 0 aliphatic heterocycles. The Bertz CT molecular complexity index is 598. The first-order chi connectivity index (χ1) is 10.1. The van der Waals surface area contributed by atoms with Gasteiger partial charge in [-0.1, -0.05) is 31.5 Å².